The lowest BCUT2D eigenvalue weighted by molar-refractivity contribution is -0.137. The van der Waals surface area contributed by atoms with Crippen LogP contribution in [0, 0.1) is 5.92 Å². The number of likely N-dealkylation sites (N-methyl/N-ethyl adjacent to an activating group) is 1. The van der Waals surface area contributed by atoms with Gasteiger partial charge in [-0.2, -0.15) is 0 Å². The Morgan fingerprint density at radius 2 is 2.11 bits per heavy atom. The highest BCUT2D eigenvalue weighted by molar-refractivity contribution is 5.82. The summed E-state index contributed by atoms with van der Waals surface area (Å²) in [4.78, 5) is 16.8. The second-order valence-corrected chi connectivity index (χ2v) is 5.71. The third kappa shape index (κ3) is 2.86. The van der Waals surface area contributed by atoms with Crippen LogP contribution < -0.4 is 0 Å². The van der Waals surface area contributed by atoms with Gasteiger partial charge in [-0.15, -0.1) is 0 Å². The van der Waals surface area contributed by atoms with Crippen molar-refractivity contribution in [3.63, 3.8) is 0 Å². The number of carbonyl (C=O) groups excluding carboxylic acids is 1. The minimum absolute atomic E-state index is 0.0940. The molecular weight excluding hydrogens is 228 g/mol. The van der Waals surface area contributed by atoms with Gasteiger partial charge in [0.15, 0.2) is 0 Å². The summed E-state index contributed by atoms with van der Waals surface area (Å²) in [6, 6.07) is 0.0940. The van der Waals surface area contributed by atoms with E-state index in [0.717, 1.165) is 39.0 Å². The van der Waals surface area contributed by atoms with Crippen molar-refractivity contribution in [2.24, 2.45) is 5.92 Å². The maximum absolute atomic E-state index is 12.5. The van der Waals surface area contributed by atoms with Gasteiger partial charge in [0.2, 0.25) is 5.91 Å². The number of amides is 1. The molecule has 0 bridgehead atoms. The monoisotopic (exact) mass is 254 g/mol. The van der Waals surface area contributed by atoms with Crippen molar-refractivity contribution in [3.8, 4) is 0 Å². The number of hydrogen-bond acceptors (Lipinski definition) is 3. The van der Waals surface area contributed by atoms with Gasteiger partial charge < -0.3 is 10.0 Å². The molecule has 3 unspecified atom stereocenters. The maximum Gasteiger partial charge on any atom is 0.239 e. The molecule has 1 amide bonds. The van der Waals surface area contributed by atoms with Gasteiger partial charge in [0, 0.05) is 19.0 Å². The Hall–Kier alpha value is -0.610. The van der Waals surface area contributed by atoms with Crippen molar-refractivity contribution < 1.29 is 9.90 Å². The van der Waals surface area contributed by atoms with E-state index in [2.05, 4.69) is 11.8 Å². The summed E-state index contributed by atoms with van der Waals surface area (Å²) in [5.74, 6) is 0.562. The Bertz CT molecular complexity index is 294. The first-order valence-corrected chi connectivity index (χ1v) is 7.34. The van der Waals surface area contributed by atoms with E-state index in [-0.39, 0.29) is 18.1 Å². The molecule has 3 atom stereocenters. The van der Waals surface area contributed by atoms with E-state index in [9.17, 15) is 9.90 Å². The summed E-state index contributed by atoms with van der Waals surface area (Å²) >= 11 is 0. The van der Waals surface area contributed by atoms with Gasteiger partial charge in [-0.25, -0.2) is 0 Å². The lowest BCUT2D eigenvalue weighted by atomic mass is 10.0. The van der Waals surface area contributed by atoms with Crippen LogP contribution in [0.3, 0.4) is 0 Å². The number of piperidine rings is 1. The molecule has 4 nitrogen and oxygen atoms in total. The van der Waals surface area contributed by atoms with Gasteiger partial charge in [-0.1, -0.05) is 13.3 Å². The first kappa shape index (κ1) is 13.8. The molecule has 0 radical (unpaired) electrons. The topological polar surface area (TPSA) is 43.8 Å². The summed E-state index contributed by atoms with van der Waals surface area (Å²) in [6.45, 7) is 7.55. The fourth-order valence-corrected chi connectivity index (χ4v) is 3.24. The second-order valence-electron chi connectivity index (χ2n) is 5.71. The van der Waals surface area contributed by atoms with Crippen LogP contribution in [0.15, 0.2) is 0 Å². The first-order valence-electron chi connectivity index (χ1n) is 7.34. The Labute approximate surface area is 110 Å². The van der Waals surface area contributed by atoms with Crippen LogP contribution in [-0.2, 0) is 4.79 Å². The van der Waals surface area contributed by atoms with Crippen LogP contribution in [0.25, 0.3) is 0 Å². The van der Waals surface area contributed by atoms with Crippen LogP contribution in [0.5, 0.6) is 0 Å². The van der Waals surface area contributed by atoms with E-state index in [0.29, 0.717) is 5.91 Å². The molecule has 0 aromatic carbocycles. The molecule has 104 valence electrons. The summed E-state index contributed by atoms with van der Waals surface area (Å²) in [5.41, 5.74) is 0. The summed E-state index contributed by atoms with van der Waals surface area (Å²) in [7, 11) is 0. The van der Waals surface area contributed by atoms with E-state index < -0.39 is 0 Å². The van der Waals surface area contributed by atoms with Crippen molar-refractivity contribution in [2.45, 2.75) is 51.7 Å². The molecule has 2 aliphatic heterocycles. The highest BCUT2D eigenvalue weighted by Gasteiger charge is 2.35. The van der Waals surface area contributed by atoms with Crippen molar-refractivity contribution >= 4 is 5.91 Å². The molecule has 2 fully saturated rings. The van der Waals surface area contributed by atoms with E-state index in [4.69, 9.17) is 0 Å². The summed E-state index contributed by atoms with van der Waals surface area (Å²) in [6.07, 6.45) is 4.04. The summed E-state index contributed by atoms with van der Waals surface area (Å²) < 4.78 is 0. The minimum Gasteiger partial charge on any atom is -0.393 e. The number of likely N-dealkylation sites (tertiary alicyclic amines) is 2. The molecule has 18 heavy (non-hydrogen) atoms. The molecule has 2 rings (SSSR count). The van der Waals surface area contributed by atoms with Crippen LogP contribution in [-0.4, -0.2) is 59.1 Å². The number of aliphatic hydroxyl groups excluding tert-OH is 1. The number of aliphatic hydroxyl groups is 1. The average Bonchev–Trinajstić information content (AvgIpc) is 2.87. The zero-order chi connectivity index (χ0) is 13.1. The van der Waals surface area contributed by atoms with Crippen molar-refractivity contribution in [2.75, 3.05) is 26.2 Å². The van der Waals surface area contributed by atoms with E-state index in [1.54, 1.807) is 0 Å². The third-order valence-corrected chi connectivity index (χ3v) is 4.52. The third-order valence-electron chi connectivity index (χ3n) is 4.52. The normalized spacial score (nSPS) is 31.6. The van der Waals surface area contributed by atoms with E-state index in [1.807, 2.05) is 11.8 Å². The van der Waals surface area contributed by atoms with Crippen molar-refractivity contribution in [1.29, 1.82) is 0 Å². The largest absolute Gasteiger partial charge is 0.393 e. The quantitative estimate of drug-likeness (QED) is 0.820. The van der Waals surface area contributed by atoms with Crippen LogP contribution in [0.2, 0.25) is 0 Å². The highest BCUT2D eigenvalue weighted by Crippen LogP contribution is 2.24. The van der Waals surface area contributed by atoms with Gasteiger partial charge in [0.25, 0.3) is 0 Å². The lowest BCUT2D eigenvalue weighted by Gasteiger charge is -2.36. The fourth-order valence-electron chi connectivity index (χ4n) is 3.24. The van der Waals surface area contributed by atoms with Crippen molar-refractivity contribution in [1.82, 2.24) is 9.80 Å². The van der Waals surface area contributed by atoms with E-state index in [1.165, 1.54) is 12.8 Å². The van der Waals surface area contributed by atoms with Gasteiger partial charge in [0.05, 0.1) is 12.1 Å². The Morgan fingerprint density at radius 1 is 1.33 bits per heavy atom. The molecule has 0 aromatic heterocycles. The lowest BCUT2D eigenvalue weighted by Crippen LogP contribution is -2.50. The molecule has 2 aliphatic rings. The van der Waals surface area contributed by atoms with Crippen molar-refractivity contribution in [3.05, 3.63) is 0 Å². The zero-order valence-corrected chi connectivity index (χ0v) is 11.6. The SMILES string of the molecule is CCN1CCCCC1C(=O)N1CCC(C(C)O)C1. The zero-order valence-electron chi connectivity index (χ0n) is 11.6. The standard InChI is InChI=1S/C14H26N2O2/c1-3-15-8-5-4-6-13(15)14(18)16-9-7-12(10-16)11(2)17/h11-13,17H,3-10H2,1-2H3. The van der Waals surface area contributed by atoms with E-state index >= 15 is 0 Å². The van der Waals surface area contributed by atoms with Crippen LogP contribution in [0.1, 0.15) is 39.5 Å². The first-order chi connectivity index (χ1) is 8.63. The maximum atomic E-state index is 12.5. The molecular formula is C14H26N2O2. The smallest absolute Gasteiger partial charge is 0.239 e. The molecule has 4 heteroatoms. The number of hydrogen-bond donors (Lipinski definition) is 1. The molecule has 0 aliphatic carbocycles. The average molecular weight is 254 g/mol. The van der Waals surface area contributed by atoms with Gasteiger partial charge >= 0.3 is 0 Å². The molecule has 0 saturated carbocycles. The Morgan fingerprint density at radius 3 is 2.72 bits per heavy atom. The molecule has 1 N–H and O–H groups in total. The number of carbonyl (C=O) groups is 1. The molecule has 2 heterocycles. The predicted molar refractivity (Wildman–Crippen MR) is 71.3 cm³/mol. The van der Waals surface area contributed by atoms with Crippen LogP contribution >= 0.6 is 0 Å². The predicted octanol–water partition coefficient (Wildman–Crippen LogP) is 1.09. The van der Waals surface area contributed by atoms with Gasteiger partial charge in [-0.3, -0.25) is 9.69 Å². The van der Waals surface area contributed by atoms with Gasteiger partial charge in [-0.05, 0) is 39.3 Å². The number of rotatable bonds is 3. The second kappa shape index (κ2) is 6.02. The number of nitrogens with zero attached hydrogens (tertiary/aromatic N) is 2. The molecule has 0 spiro atoms. The minimum atomic E-state index is -0.295. The fraction of sp³-hybridized carbons (Fsp3) is 0.929. The van der Waals surface area contributed by atoms with Crippen LogP contribution in [0.4, 0.5) is 0 Å². The van der Waals surface area contributed by atoms with Gasteiger partial charge in [0.1, 0.15) is 0 Å². The summed E-state index contributed by atoms with van der Waals surface area (Å²) in [5, 5.41) is 9.61. The highest BCUT2D eigenvalue weighted by atomic mass is 16.3. The molecule has 0 aromatic rings. The Balaban J connectivity index is 1.94. The Kier molecular flexibility index (Phi) is 4.62. The molecule has 2 saturated heterocycles.